The summed E-state index contributed by atoms with van der Waals surface area (Å²) in [4.78, 5) is 24.1. The van der Waals surface area contributed by atoms with Gasteiger partial charge in [0.25, 0.3) is 5.91 Å². The Balaban J connectivity index is 3.19. The van der Waals surface area contributed by atoms with Gasteiger partial charge in [-0.05, 0) is 6.92 Å². The first kappa shape index (κ1) is 17.7. The first-order chi connectivity index (χ1) is 10.6. The van der Waals surface area contributed by atoms with Crippen LogP contribution in [-0.2, 0) is 24.7 Å². The number of rotatable bonds is 6. The molecule has 2 N–H and O–H groups in total. The normalized spacial score (nSPS) is 14.0. The molecule has 1 rings (SSSR count). The van der Waals surface area contributed by atoms with Crippen molar-refractivity contribution in [3.63, 3.8) is 0 Å². The molecule has 22 heavy (non-hydrogen) atoms. The summed E-state index contributed by atoms with van der Waals surface area (Å²) in [7, 11) is 2.52. The third-order valence-electron chi connectivity index (χ3n) is 3.08. The second-order valence-electron chi connectivity index (χ2n) is 4.36. The van der Waals surface area contributed by atoms with Crippen LogP contribution in [0.2, 0.25) is 0 Å². The van der Waals surface area contributed by atoms with Crippen molar-refractivity contribution < 1.29 is 24.2 Å². The summed E-state index contributed by atoms with van der Waals surface area (Å²) < 4.78 is 9.89. The minimum atomic E-state index is -1.57. The molecule has 1 aromatic carbocycles. The van der Waals surface area contributed by atoms with Crippen molar-refractivity contribution in [3.05, 3.63) is 35.9 Å². The molecule has 0 unspecified atom stereocenters. The van der Waals surface area contributed by atoms with Crippen LogP contribution < -0.4 is 5.32 Å². The summed E-state index contributed by atoms with van der Waals surface area (Å²) in [5, 5.41) is 11.6. The third kappa shape index (κ3) is 3.64. The minimum absolute atomic E-state index is 0.519. The van der Waals surface area contributed by atoms with Gasteiger partial charge in [-0.2, -0.15) is 0 Å². The van der Waals surface area contributed by atoms with Crippen LogP contribution >= 0.6 is 0 Å². The average molecular weight is 305 g/mol. The fraction of sp³-hybridized carbons (Fsp3) is 0.375. The predicted octanol–water partition coefficient (Wildman–Crippen LogP) is 0.202. The monoisotopic (exact) mass is 305 g/mol. The summed E-state index contributed by atoms with van der Waals surface area (Å²) in [6, 6.07) is 7.50. The van der Waals surface area contributed by atoms with Gasteiger partial charge in [-0.3, -0.25) is 4.79 Å². The lowest BCUT2D eigenvalue weighted by atomic mass is 9.92. The molecule has 0 saturated carbocycles. The molecular formula is C16H19NO5. The van der Waals surface area contributed by atoms with E-state index in [1.54, 1.807) is 37.3 Å². The first-order valence-electron chi connectivity index (χ1n) is 6.60. The SMILES string of the molecule is CC#C[C@](OC)(C(=O)N[C@@H](CO)C(=O)OC)c1ccccc1. The van der Waals surface area contributed by atoms with Crippen LogP contribution in [0.3, 0.4) is 0 Å². The molecule has 1 aromatic rings. The van der Waals surface area contributed by atoms with Crippen molar-refractivity contribution in [2.24, 2.45) is 0 Å². The molecule has 0 aliphatic carbocycles. The second-order valence-corrected chi connectivity index (χ2v) is 4.36. The van der Waals surface area contributed by atoms with Crippen molar-refractivity contribution in [1.82, 2.24) is 5.32 Å². The zero-order valence-corrected chi connectivity index (χ0v) is 12.8. The molecule has 0 aliphatic rings. The maximum Gasteiger partial charge on any atom is 0.330 e. The molecule has 0 aliphatic heterocycles. The molecule has 0 saturated heterocycles. The number of amides is 1. The van der Waals surface area contributed by atoms with E-state index in [0.717, 1.165) is 0 Å². The highest BCUT2D eigenvalue weighted by Crippen LogP contribution is 2.25. The lowest BCUT2D eigenvalue weighted by molar-refractivity contribution is -0.150. The van der Waals surface area contributed by atoms with Gasteiger partial charge in [0.05, 0.1) is 13.7 Å². The number of aliphatic hydroxyl groups excluding tert-OH is 1. The van der Waals surface area contributed by atoms with Gasteiger partial charge in [-0.15, -0.1) is 5.92 Å². The van der Waals surface area contributed by atoms with E-state index in [0.29, 0.717) is 5.56 Å². The fourth-order valence-electron chi connectivity index (χ4n) is 1.95. The molecule has 0 aromatic heterocycles. The van der Waals surface area contributed by atoms with Gasteiger partial charge in [-0.1, -0.05) is 36.3 Å². The highest BCUT2D eigenvalue weighted by Gasteiger charge is 2.40. The number of carbonyl (C=O) groups excluding carboxylic acids is 2. The van der Waals surface area contributed by atoms with Crippen LogP contribution in [0.5, 0.6) is 0 Å². The van der Waals surface area contributed by atoms with E-state index < -0.39 is 30.1 Å². The van der Waals surface area contributed by atoms with Crippen molar-refractivity contribution >= 4 is 11.9 Å². The molecule has 0 fully saturated rings. The molecule has 0 spiro atoms. The Kier molecular flexibility index (Phi) is 6.57. The Hall–Kier alpha value is -2.36. The Labute approximate surface area is 129 Å². The number of hydrogen-bond acceptors (Lipinski definition) is 5. The molecular weight excluding hydrogens is 286 g/mol. The number of nitrogens with one attached hydrogen (secondary N) is 1. The van der Waals surface area contributed by atoms with Gasteiger partial charge in [0, 0.05) is 12.7 Å². The number of ether oxygens (including phenoxy) is 2. The third-order valence-corrected chi connectivity index (χ3v) is 3.08. The van der Waals surface area contributed by atoms with Crippen LogP contribution in [0.25, 0.3) is 0 Å². The lowest BCUT2D eigenvalue weighted by Crippen LogP contribution is -2.52. The highest BCUT2D eigenvalue weighted by molar-refractivity contribution is 5.93. The lowest BCUT2D eigenvalue weighted by Gasteiger charge is -2.28. The first-order valence-corrected chi connectivity index (χ1v) is 6.60. The molecule has 118 valence electrons. The van der Waals surface area contributed by atoms with Gasteiger partial charge < -0.3 is 19.9 Å². The van der Waals surface area contributed by atoms with Gasteiger partial charge in [0.2, 0.25) is 5.60 Å². The molecule has 0 radical (unpaired) electrons. The van der Waals surface area contributed by atoms with E-state index in [4.69, 9.17) is 4.74 Å². The number of hydrogen-bond donors (Lipinski definition) is 2. The number of carbonyl (C=O) groups is 2. The molecule has 6 nitrogen and oxygen atoms in total. The Morgan fingerprint density at radius 1 is 1.32 bits per heavy atom. The number of benzene rings is 1. The maximum absolute atomic E-state index is 12.6. The molecule has 0 heterocycles. The van der Waals surface area contributed by atoms with Crippen LogP contribution in [0, 0.1) is 11.8 Å². The summed E-state index contributed by atoms with van der Waals surface area (Å²) in [6.45, 7) is 0.986. The van der Waals surface area contributed by atoms with Crippen molar-refractivity contribution in [2.45, 2.75) is 18.6 Å². The quantitative estimate of drug-likeness (QED) is 0.579. The zero-order chi connectivity index (χ0) is 16.6. The molecule has 0 bridgehead atoms. The number of aliphatic hydroxyl groups is 1. The van der Waals surface area contributed by atoms with Crippen molar-refractivity contribution in [2.75, 3.05) is 20.8 Å². The summed E-state index contributed by atoms with van der Waals surface area (Å²) in [5.74, 6) is 3.98. The van der Waals surface area contributed by atoms with Crippen LogP contribution in [0.4, 0.5) is 0 Å². The van der Waals surface area contributed by atoms with Crippen molar-refractivity contribution in [1.29, 1.82) is 0 Å². The average Bonchev–Trinajstić information content (AvgIpc) is 2.57. The fourth-order valence-corrected chi connectivity index (χ4v) is 1.95. The molecule has 6 heteroatoms. The highest BCUT2D eigenvalue weighted by atomic mass is 16.5. The number of methoxy groups -OCH3 is 2. The summed E-state index contributed by atoms with van der Waals surface area (Å²) in [5.41, 5.74) is -1.05. The summed E-state index contributed by atoms with van der Waals surface area (Å²) >= 11 is 0. The Morgan fingerprint density at radius 2 is 1.95 bits per heavy atom. The number of esters is 1. The van der Waals surface area contributed by atoms with E-state index in [1.165, 1.54) is 14.2 Å². The van der Waals surface area contributed by atoms with Crippen molar-refractivity contribution in [3.8, 4) is 11.8 Å². The Morgan fingerprint density at radius 3 is 2.41 bits per heavy atom. The Bertz CT molecular complexity index is 575. The minimum Gasteiger partial charge on any atom is -0.467 e. The van der Waals surface area contributed by atoms with E-state index in [2.05, 4.69) is 21.9 Å². The summed E-state index contributed by atoms with van der Waals surface area (Å²) in [6.07, 6.45) is 0. The van der Waals surface area contributed by atoms with Crippen LogP contribution in [0.15, 0.2) is 30.3 Å². The van der Waals surface area contributed by atoms with E-state index in [9.17, 15) is 14.7 Å². The van der Waals surface area contributed by atoms with Gasteiger partial charge >= 0.3 is 5.97 Å². The zero-order valence-electron chi connectivity index (χ0n) is 12.8. The maximum atomic E-state index is 12.6. The van der Waals surface area contributed by atoms with E-state index in [-0.39, 0.29) is 0 Å². The molecule has 1 amide bonds. The largest absolute Gasteiger partial charge is 0.467 e. The van der Waals surface area contributed by atoms with Crippen LogP contribution in [-0.4, -0.2) is 43.9 Å². The van der Waals surface area contributed by atoms with Crippen LogP contribution in [0.1, 0.15) is 12.5 Å². The van der Waals surface area contributed by atoms with E-state index in [1.807, 2.05) is 0 Å². The topological polar surface area (TPSA) is 84.9 Å². The van der Waals surface area contributed by atoms with Gasteiger partial charge in [0.1, 0.15) is 0 Å². The molecule has 2 atom stereocenters. The van der Waals surface area contributed by atoms with E-state index >= 15 is 0 Å². The second kappa shape index (κ2) is 8.17. The standard InChI is InChI=1S/C16H19NO5/c1-4-10-16(22-3,12-8-6-5-7-9-12)15(20)17-13(11-18)14(19)21-2/h5-9,13,18H,11H2,1-3H3,(H,17,20)/t13-,16+/m0/s1. The smallest absolute Gasteiger partial charge is 0.330 e. The van der Waals surface area contributed by atoms with Gasteiger partial charge in [-0.25, -0.2) is 4.79 Å². The predicted molar refractivity (Wildman–Crippen MR) is 79.6 cm³/mol. The van der Waals surface area contributed by atoms with Gasteiger partial charge in [0.15, 0.2) is 6.04 Å².